The van der Waals surface area contributed by atoms with Crippen LogP contribution < -0.4 is 5.32 Å². The number of esters is 1. The van der Waals surface area contributed by atoms with Gasteiger partial charge >= 0.3 is 12.1 Å². The molecule has 5 heteroatoms. The molecule has 6 atom stereocenters. The Kier molecular flexibility index (Phi) is 3.94. The van der Waals surface area contributed by atoms with Crippen molar-refractivity contribution in [2.75, 3.05) is 6.61 Å². The predicted octanol–water partition coefficient (Wildman–Crippen LogP) is 3.00. The van der Waals surface area contributed by atoms with E-state index in [-0.39, 0.29) is 24.2 Å². The SMILES string of the molecule is CCOC(=O)NC1C2CC(OC(=O)c3ccccc3)CC1[C@@H]1CC21. The molecule has 3 saturated carbocycles. The molecule has 0 aliphatic heterocycles. The normalized spacial score (nSPS) is 35.7. The van der Waals surface area contributed by atoms with Gasteiger partial charge in [-0.1, -0.05) is 18.2 Å². The molecule has 0 radical (unpaired) electrons. The molecule has 0 spiro atoms. The number of fused-ring (bicyclic) bond motifs is 5. The molecule has 5 unspecified atom stereocenters. The van der Waals surface area contributed by atoms with Gasteiger partial charge in [0, 0.05) is 6.04 Å². The van der Waals surface area contributed by atoms with Crippen molar-refractivity contribution in [3.05, 3.63) is 35.9 Å². The molecule has 0 saturated heterocycles. The Labute approximate surface area is 141 Å². The summed E-state index contributed by atoms with van der Waals surface area (Å²) in [5.74, 6) is 1.94. The molecule has 3 fully saturated rings. The molecule has 1 amide bonds. The lowest BCUT2D eigenvalue weighted by molar-refractivity contribution is 0.00141. The van der Waals surface area contributed by atoms with Crippen LogP contribution in [0, 0.1) is 23.7 Å². The van der Waals surface area contributed by atoms with Crippen LogP contribution in [-0.2, 0) is 9.47 Å². The maximum absolute atomic E-state index is 12.3. The number of carbonyl (C=O) groups is 2. The van der Waals surface area contributed by atoms with Gasteiger partial charge in [0.25, 0.3) is 0 Å². The third kappa shape index (κ3) is 2.76. The zero-order valence-corrected chi connectivity index (χ0v) is 13.8. The fourth-order valence-electron chi connectivity index (χ4n) is 4.83. The first-order chi connectivity index (χ1) is 11.7. The molecule has 2 bridgehead atoms. The van der Waals surface area contributed by atoms with E-state index in [0.29, 0.717) is 35.8 Å². The quantitative estimate of drug-likeness (QED) is 0.863. The van der Waals surface area contributed by atoms with Crippen molar-refractivity contribution in [2.45, 2.75) is 38.3 Å². The number of alkyl carbamates (subject to hydrolysis) is 1. The Morgan fingerprint density at radius 2 is 1.71 bits per heavy atom. The Hall–Kier alpha value is -2.04. The van der Waals surface area contributed by atoms with Gasteiger partial charge in [-0.05, 0) is 62.0 Å². The molecule has 1 N–H and O–H groups in total. The lowest BCUT2D eigenvalue weighted by Crippen LogP contribution is -2.49. The van der Waals surface area contributed by atoms with E-state index in [1.165, 1.54) is 6.42 Å². The topological polar surface area (TPSA) is 64.6 Å². The number of benzene rings is 1. The summed E-state index contributed by atoms with van der Waals surface area (Å²) in [6, 6.07) is 9.31. The molecule has 1 aromatic carbocycles. The molecule has 5 nitrogen and oxygen atoms in total. The average Bonchev–Trinajstić information content (AvgIpc) is 3.33. The van der Waals surface area contributed by atoms with E-state index in [0.717, 1.165) is 12.8 Å². The van der Waals surface area contributed by atoms with E-state index in [9.17, 15) is 9.59 Å². The second kappa shape index (κ2) is 6.11. The van der Waals surface area contributed by atoms with Gasteiger partial charge in [-0.25, -0.2) is 9.59 Å². The minimum atomic E-state index is -0.321. The van der Waals surface area contributed by atoms with Crippen LogP contribution in [0.1, 0.15) is 36.5 Å². The van der Waals surface area contributed by atoms with Gasteiger partial charge in [-0.3, -0.25) is 0 Å². The van der Waals surface area contributed by atoms with Crippen molar-refractivity contribution in [1.29, 1.82) is 0 Å². The zero-order valence-electron chi connectivity index (χ0n) is 13.8. The standard InChI is InChI=1S/C19H23NO4/c1-2-23-19(22)20-17-15-8-12(9-16(17)14-10-13(14)15)24-18(21)11-6-4-3-5-7-11/h3-7,12-17H,2,8-10H2,1H3,(H,20,22)/t12?,13-,14?,15?,16?,17?/m1/s1. The van der Waals surface area contributed by atoms with Crippen molar-refractivity contribution >= 4 is 12.1 Å². The number of carbonyl (C=O) groups excluding carboxylic acids is 2. The van der Waals surface area contributed by atoms with E-state index in [1.54, 1.807) is 12.1 Å². The molecule has 1 aromatic rings. The number of hydrogen-bond donors (Lipinski definition) is 1. The van der Waals surface area contributed by atoms with Crippen LogP contribution >= 0.6 is 0 Å². The van der Waals surface area contributed by atoms with Gasteiger partial charge < -0.3 is 14.8 Å². The fourth-order valence-corrected chi connectivity index (χ4v) is 4.83. The third-order valence-corrected chi connectivity index (χ3v) is 5.83. The molecule has 4 rings (SSSR count). The first-order valence-corrected chi connectivity index (χ1v) is 8.86. The maximum Gasteiger partial charge on any atom is 0.407 e. The summed E-state index contributed by atoms with van der Waals surface area (Å²) in [6.45, 7) is 2.20. The van der Waals surface area contributed by atoms with Crippen LogP contribution in [-0.4, -0.2) is 30.8 Å². The van der Waals surface area contributed by atoms with Crippen LogP contribution in [0.2, 0.25) is 0 Å². The third-order valence-electron chi connectivity index (χ3n) is 5.83. The number of hydrogen-bond acceptors (Lipinski definition) is 4. The number of ether oxygens (including phenoxy) is 2. The summed E-state index contributed by atoms with van der Waals surface area (Å²) in [6.07, 6.45) is 2.58. The lowest BCUT2D eigenvalue weighted by Gasteiger charge is -2.37. The highest BCUT2D eigenvalue weighted by Crippen LogP contribution is 2.63. The summed E-state index contributed by atoms with van der Waals surface area (Å²) in [5.41, 5.74) is 0.599. The summed E-state index contributed by atoms with van der Waals surface area (Å²) in [7, 11) is 0. The lowest BCUT2D eigenvalue weighted by atomic mass is 9.78. The van der Waals surface area contributed by atoms with Crippen LogP contribution in [0.4, 0.5) is 4.79 Å². The van der Waals surface area contributed by atoms with Gasteiger partial charge in [0.2, 0.25) is 0 Å². The maximum atomic E-state index is 12.3. The van der Waals surface area contributed by atoms with Gasteiger partial charge in [-0.2, -0.15) is 0 Å². The summed E-state index contributed by atoms with van der Waals surface area (Å²) >= 11 is 0. The van der Waals surface area contributed by atoms with E-state index in [1.807, 2.05) is 25.1 Å². The first-order valence-electron chi connectivity index (χ1n) is 8.86. The van der Waals surface area contributed by atoms with Crippen LogP contribution in [0.15, 0.2) is 30.3 Å². The van der Waals surface area contributed by atoms with Crippen molar-refractivity contribution in [2.24, 2.45) is 23.7 Å². The van der Waals surface area contributed by atoms with Gasteiger partial charge in [0.05, 0.1) is 12.2 Å². The van der Waals surface area contributed by atoms with Crippen molar-refractivity contribution in [1.82, 2.24) is 5.32 Å². The van der Waals surface area contributed by atoms with Crippen molar-refractivity contribution in [3.8, 4) is 0 Å². The van der Waals surface area contributed by atoms with Crippen molar-refractivity contribution in [3.63, 3.8) is 0 Å². The minimum absolute atomic E-state index is 0.0410. The summed E-state index contributed by atoms with van der Waals surface area (Å²) in [5, 5.41) is 3.05. The smallest absolute Gasteiger partial charge is 0.407 e. The van der Waals surface area contributed by atoms with E-state index in [4.69, 9.17) is 9.47 Å². The van der Waals surface area contributed by atoms with Crippen LogP contribution in [0.5, 0.6) is 0 Å². The second-order valence-electron chi connectivity index (χ2n) is 7.15. The molecular formula is C19H23NO4. The Morgan fingerprint density at radius 1 is 1.04 bits per heavy atom. The molecule has 3 aliphatic rings. The minimum Gasteiger partial charge on any atom is -0.459 e. The van der Waals surface area contributed by atoms with E-state index >= 15 is 0 Å². The summed E-state index contributed by atoms with van der Waals surface area (Å²) < 4.78 is 10.8. The molecule has 24 heavy (non-hydrogen) atoms. The first kappa shape index (κ1) is 15.5. The molecule has 128 valence electrons. The number of rotatable bonds is 4. The van der Waals surface area contributed by atoms with Gasteiger partial charge in [0.15, 0.2) is 0 Å². The van der Waals surface area contributed by atoms with Gasteiger partial charge in [0.1, 0.15) is 6.10 Å². The Bertz CT molecular complexity index is 614. The molecular weight excluding hydrogens is 306 g/mol. The monoisotopic (exact) mass is 329 g/mol. The van der Waals surface area contributed by atoms with Crippen molar-refractivity contribution < 1.29 is 19.1 Å². The molecule has 0 aromatic heterocycles. The largest absolute Gasteiger partial charge is 0.459 e. The van der Waals surface area contributed by atoms with E-state index < -0.39 is 0 Å². The highest BCUT2D eigenvalue weighted by Gasteiger charge is 2.63. The second-order valence-corrected chi connectivity index (χ2v) is 7.15. The van der Waals surface area contributed by atoms with Crippen LogP contribution in [0.3, 0.4) is 0 Å². The Balaban J connectivity index is 1.39. The predicted molar refractivity (Wildman–Crippen MR) is 87.4 cm³/mol. The number of amides is 1. The summed E-state index contributed by atoms with van der Waals surface area (Å²) in [4.78, 5) is 24.0. The van der Waals surface area contributed by atoms with Crippen LogP contribution in [0.25, 0.3) is 0 Å². The Morgan fingerprint density at radius 3 is 2.33 bits per heavy atom. The molecule has 3 aliphatic carbocycles. The average molecular weight is 329 g/mol. The fraction of sp³-hybridized carbons (Fsp3) is 0.579. The highest BCUT2D eigenvalue weighted by molar-refractivity contribution is 5.89. The molecule has 0 heterocycles. The number of nitrogens with one attached hydrogen (secondary N) is 1. The zero-order chi connectivity index (χ0) is 16.7. The van der Waals surface area contributed by atoms with Gasteiger partial charge in [-0.15, -0.1) is 0 Å². The van der Waals surface area contributed by atoms with E-state index in [2.05, 4.69) is 5.32 Å². The highest BCUT2D eigenvalue weighted by atomic mass is 16.5.